The van der Waals surface area contributed by atoms with E-state index < -0.39 is 18.0 Å². The number of likely N-dealkylation sites (tertiary alicyclic amines) is 1. The van der Waals surface area contributed by atoms with E-state index in [2.05, 4.69) is 28.0 Å². The Morgan fingerprint density at radius 2 is 1.78 bits per heavy atom. The predicted molar refractivity (Wildman–Crippen MR) is 133 cm³/mol. The van der Waals surface area contributed by atoms with E-state index in [0.29, 0.717) is 34.6 Å². The summed E-state index contributed by atoms with van der Waals surface area (Å²) in [7, 11) is 2.20. The maximum absolute atomic E-state index is 13.0. The monoisotopic (exact) mass is 497 g/mol. The lowest BCUT2D eigenvalue weighted by molar-refractivity contribution is -0.105. The molecule has 3 aromatic rings. The highest BCUT2D eigenvalue weighted by atomic mass is 16.6. The number of likely N-dealkylation sites (N-methyl/N-ethyl adjacent to an activating group) is 1. The number of carbonyl (C=O) groups is 2. The summed E-state index contributed by atoms with van der Waals surface area (Å²) in [5.74, 6) is 0.536. The predicted octanol–water partition coefficient (Wildman–Crippen LogP) is 3.59. The minimum atomic E-state index is -0.478. The highest BCUT2D eigenvalue weighted by molar-refractivity contribution is 5.91. The molecule has 1 spiro atoms. The van der Waals surface area contributed by atoms with Gasteiger partial charge in [-0.05, 0) is 81.1 Å². The van der Waals surface area contributed by atoms with Crippen LogP contribution in [0.2, 0.25) is 0 Å². The van der Waals surface area contributed by atoms with Crippen LogP contribution < -0.4 is 9.47 Å². The van der Waals surface area contributed by atoms with Crippen molar-refractivity contribution in [2.45, 2.75) is 49.3 Å². The summed E-state index contributed by atoms with van der Waals surface area (Å²) in [6.45, 7) is 0.933. The van der Waals surface area contributed by atoms with E-state index in [1.165, 1.54) is 18.0 Å². The summed E-state index contributed by atoms with van der Waals surface area (Å²) in [4.78, 5) is 36.5. The summed E-state index contributed by atoms with van der Waals surface area (Å²) < 4.78 is 18.7. The number of benzene rings is 1. The van der Waals surface area contributed by atoms with Crippen molar-refractivity contribution in [1.82, 2.24) is 14.9 Å². The molecule has 0 radical (unpaired) electrons. The van der Waals surface area contributed by atoms with Gasteiger partial charge >= 0.3 is 11.9 Å². The zero-order chi connectivity index (χ0) is 25.1. The fourth-order valence-electron chi connectivity index (χ4n) is 7.21. The lowest BCUT2D eigenvalue weighted by Gasteiger charge is -2.58. The molecule has 2 aliphatic heterocycles. The molecule has 1 saturated carbocycles. The van der Waals surface area contributed by atoms with Crippen LogP contribution in [0.15, 0.2) is 61.2 Å². The molecule has 0 unspecified atom stereocenters. The molecule has 1 aromatic carbocycles. The highest BCUT2D eigenvalue weighted by Gasteiger charge is 2.66. The molecule has 2 bridgehead atoms. The minimum Gasteiger partial charge on any atom is -0.481 e. The third-order valence-corrected chi connectivity index (χ3v) is 8.78. The lowest BCUT2D eigenvalue weighted by atomic mass is 9.51. The summed E-state index contributed by atoms with van der Waals surface area (Å²) in [5.41, 5.74) is 2.89. The first kappa shape index (κ1) is 22.4. The number of pyridine rings is 2. The molecule has 2 aliphatic carbocycles. The number of piperidine rings is 1. The van der Waals surface area contributed by atoms with E-state index in [4.69, 9.17) is 14.2 Å². The number of carbonyl (C=O) groups excluding carboxylic acids is 2. The first-order chi connectivity index (χ1) is 18.1. The van der Waals surface area contributed by atoms with Crippen molar-refractivity contribution in [3.8, 4) is 11.5 Å². The average molecular weight is 498 g/mol. The number of esters is 2. The third kappa shape index (κ3) is 3.31. The quantitative estimate of drug-likeness (QED) is 0.399. The molecule has 0 N–H and O–H groups in total. The van der Waals surface area contributed by atoms with Crippen LogP contribution in [0.25, 0.3) is 0 Å². The van der Waals surface area contributed by atoms with Crippen molar-refractivity contribution in [3.05, 3.63) is 83.4 Å². The minimum absolute atomic E-state index is 0.283. The number of nitrogens with zero attached hydrogens (tertiary/aromatic N) is 3. The Morgan fingerprint density at radius 3 is 2.51 bits per heavy atom. The molecule has 4 aliphatic rings. The molecule has 188 valence electrons. The Labute approximate surface area is 214 Å². The van der Waals surface area contributed by atoms with Gasteiger partial charge in [0, 0.05) is 41.8 Å². The zero-order valence-electron chi connectivity index (χ0n) is 20.5. The largest absolute Gasteiger partial charge is 0.481 e. The van der Waals surface area contributed by atoms with Crippen molar-refractivity contribution < 1.29 is 23.8 Å². The molecule has 8 heteroatoms. The van der Waals surface area contributed by atoms with Gasteiger partial charge in [-0.15, -0.1) is 0 Å². The molecule has 37 heavy (non-hydrogen) atoms. The van der Waals surface area contributed by atoms with Gasteiger partial charge in [-0.3, -0.25) is 9.97 Å². The van der Waals surface area contributed by atoms with Crippen molar-refractivity contribution >= 4 is 11.9 Å². The van der Waals surface area contributed by atoms with Gasteiger partial charge in [-0.2, -0.15) is 0 Å². The van der Waals surface area contributed by atoms with Gasteiger partial charge in [0.15, 0.2) is 11.5 Å². The zero-order valence-corrected chi connectivity index (χ0v) is 20.5. The van der Waals surface area contributed by atoms with E-state index in [0.717, 1.165) is 37.8 Å². The van der Waals surface area contributed by atoms with Crippen molar-refractivity contribution in [2.24, 2.45) is 5.92 Å². The van der Waals surface area contributed by atoms with Crippen LogP contribution in [-0.4, -0.2) is 58.6 Å². The van der Waals surface area contributed by atoms with Crippen LogP contribution in [0.1, 0.15) is 51.1 Å². The molecule has 1 saturated heterocycles. The van der Waals surface area contributed by atoms with Gasteiger partial charge in [0.2, 0.25) is 0 Å². The maximum atomic E-state index is 13.0. The molecule has 8 nitrogen and oxygen atoms in total. The van der Waals surface area contributed by atoms with E-state index in [1.807, 2.05) is 6.07 Å². The van der Waals surface area contributed by atoms with Gasteiger partial charge in [0.1, 0.15) is 12.2 Å². The van der Waals surface area contributed by atoms with Gasteiger partial charge in [0.25, 0.3) is 0 Å². The average Bonchev–Trinajstić information content (AvgIpc) is 3.29. The Kier molecular flexibility index (Phi) is 5.08. The lowest BCUT2D eigenvalue weighted by Crippen LogP contribution is -2.66. The SMILES string of the molecule is CN1CC[C@]23c4c5ccc(OC(=O)c6cccnc6)c4O[C@H]2[C@@H](OC(=O)c2cccnc2)CC[C@H]3[C@H]1C5. The van der Waals surface area contributed by atoms with Gasteiger partial charge < -0.3 is 19.1 Å². The highest BCUT2D eigenvalue weighted by Crippen LogP contribution is 2.64. The molecule has 5 atom stereocenters. The van der Waals surface area contributed by atoms with Crippen LogP contribution in [0.3, 0.4) is 0 Å². The Morgan fingerprint density at radius 1 is 1.03 bits per heavy atom. The molecular weight excluding hydrogens is 470 g/mol. The summed E-state index contributed by atoms with van der Waals surface area (Å²) >= 11 is 0. The summed E-state index contributed by atoms with van der Waals surface area (Å²) in [5, 5.41) is 0. The van der Waals surface area contributed by atoms with Gasteiger partial charge in [-0.25, -0.2) is 9.59 Å². The fourth-order valence-corrected chi connectivity index (χ4v) is 7.21. The van der Waals surface area contributed by atoms with Crippen LogP contribution in [-0.2, 0) is 16.6 Å². The van der Waals surface area contributed by atoms with E-state index in [1.54, 1.807) is 36.7 Å². The number of rotatable bonds is 4. The molecule has 4 heterocycles. The van der Waals surface area contributed by atoms with Crippen molar-refractivity contribution in [2.75, 3.05) is 13.6 Å². The number of hydrogen-bond acceptors (Lipinski definition) is 8. The Bertz CT molecular complexity index is 1380. The molecular formula is C29H27N3O5. The number of hydrogen-bond donors (Lipinski definition) is 0. The van der Waals surface area contributed by atoms with E-state index in [9.17, 15) is 9.59 Å². The smallest absolute Gasteiger partial charge is 0.345 e. The molecule has 7 rings (SSSR count). The van der Waals surface area contributed by atoms with Crippen LogP contribution in [0.4, 0.5) is 0 Å². The molecule has 2 fully saturated rings. The van der Waals surface area contributed by atoms with Gasteiger partial charge in [-0.1, -0.05) is 6.07 Å². The normalized spacial score (nSPS) is 29.1. The molecule has 2 aromatic heterocycles. The second kappa shape index (κ2) is 8.38. The number of aromatic nitrogens is 2. The Hall–Kier alpha value is -3.78. The van der Waals surface area contributed by atoms with Crippen LogP contribution in [0.5, 0.6) is 11.5 Å². The van der Waals surface area contributed by atoms with E-state index in [-0.39, 0.29) is 11.5 Å². The second-order valence-electron chi connectivity index (χ2n) is 10.5. The first-order valence-corrected chi connectivity index (χ1v) is 12.8. The topological polar surface area (TPSA) is 90.9 Å². The molecule has 0 amide bonds. The summed E-state index contributed by atoms with van der Waals surface area (Å²) in [6.07, 6.45) is 9.01. The summed E-state index contributed by atoms with van der Waals surface area (Å²) in [6, 6.07) is 11.1. The van der Waals surface area contributed by atoms with Crippen molar-refractivity contribution in [3.63, 3.8) is 0 Å². The first-order valence-electron chi connectivity index (χ1n) is 12.8. The van der Waals surface area contributed by atoms with Gasteiger partial charge in [0.05, 0.1) is 11.1 Å². The fraction of sp³-hybridized carbons (Fsp3) is 0.379. The number of ether oxygens (including phenoxy) is 3. The standard InChI is InChI=1S/C29H27N3O5/c1-32-13-10-29-20-7-9-23(36-28(34)19-5-3-12-31-16-19)26(29)37-25-22(8-6-17(24(25)29)14-21(20)32)35-27(33)18-4-2-11-30-15-18/h2-6,8,11-12,15-16,20-21,23,26H,7,9-10,13-14H2,1H3/t20-,21+,23-,26-,29-/m0/s1. The third-order valence-electron chi connectivity index (χ3n) is 8.78. The van der Waals surface area contributed by atoms with Crippen molar-refractivity contribution in [1.29, 1.82) is 0 Å². The maximum Gasteiger partial charge on any atom is 0.345 e. The van der Waals surface area contributed by atoms with E-state index >= 15 is 0 Å². The Balaban J connectivity index is 1.28. The second-order valence-corrected chi connectivity index (χ2v) is 10.5. The van der Waals surface area contributed by atoms with Crippen LogP contribution in [0, 0.1) is 5.92 Å². The van der Waals surface area contributed by atoms with Crippen LogP contribution >= 0.6 is 0 Å².